The van der Waals surface area contributed by atoms with Crippen LogP contribution in [0.2, 0.25) is 0 Å². The first kappa shape index (κ1) is 5.83. The topological polar surface area (TPSA) is 30.5 Å². The molecule has 0 spiro atoms. The van der Waals surface area contributed by atoms with Gasteiger partial charge >= 0.3 is 0 Å². The zero-order valence-electron chi connectivity index (χ0n) is 4.88. The number of hydrogen-bond donors (Lipinski definition) is 0. The van der Waals surface area contributed by atoms with Gasteiger partial charge in [-0.05, 0) is 31.1 Å². The van der Waals surface area contributed by atoms with E-state index in [0.29, 0.717) is 0 Å². The van der Waals surface area contributed by atoms with E-state index in [9.17, 15) is 0 Å². The molecule has 2 bridgehead atoms. The lowest BCUT2D eigenvalue weighted by atomic mass is 10.1. The summed E-state index contributed by atoms with van der Waals surface area (Å²) >= 11 is 0. The second-order valence-electron chi connectivity index (χ2n) is 2.72. The third-order valence-corrected chi connectivity index (χ3v) is 2.17. The Morgan fingerprint density at radius 1 is 1.00 bits per heavy atom. The largest absolute Gasteiger partial charge is 0.0851 e. The lowest BCUT2D eigenvalue weighted by molar-refractivity contribution is 0.691. The molecule has 0 aliphatic heterocycles. The molecule has 0 N–H and O–H groups in total. The fourth-order valence-electron chi connectivity index (χ4n) is 1.72. The number of fused-ring (bicyclic) bond motifs is 2. The van der Waals surface area contributed by atoms with Crippen LogP contribution in [-0.4, -0.2) is 0 Å². The van der Waals surface area contributed by atoms with Gasteiger partial charge in [-0.15, -0.1) is 0 Å². The first-order chi connectivity index (χ1) is 3.45. The quantitative estimate of drug-likeness (QED) is 0.421. The number of hydrogen-bond acceptors (Lipinski definition) is 0. The first-order valence-corrected chi connectivity index (χ1v) is 3.13. The SMILES string of the molecule is C1=CC2CCC1C2.[N]. The van der Waals surface area contributed by atoms with Gasteiger partial charge in [-0.3, -0.25) is 0 Å². The third-order valence-electron chi connectivity index (χ3n) is 2.17. The normalized spacial score (nSPS) is 40.0. The second-order valence-corrected chi connectivity index (χ2v) is 2.72. The molecule has 43 valence electrons. The van der Waals surface area contributed by atoms with Gasteiger partial charge in [0.1, 0.15) is 0 Å². The van der Waals surface area contributed by atoms with E-state index in [1.807, 2.05) is 0 Å². The number of allylic oxidation sites excluding steroid dienone is 2. The van der Waals surface area contributed by atoms with Crippen LogP contribution < -0.4 is 6.15 Å². The molecule has 2 atom stereocenters. The first-order valence-electron chi connectivity index (χ1n) is 3.13. The minimum Gasteiger partial charge on any atom is -0.0851 e. The van der Waals surface area contributed by atoms with E-state index < -0.39 is 0 Å². The van der Waals surface area contributed by atoms with Gasteiger partial charge in [0.25, 0.3) is 0 Å². The predicted molar refractivity (Wildman–Crippen MR) is 32.1 cm³/mol. The van der Waals surface area contributed by atoms with E-state index in [1.54, 1.807) is 0 Å². The number of nitrogens with zero attached hydrogens (tertiary/aromatic N) is 1. The van der Waals surface area contributed by atoms with Gasteiger partial charge in [0.15, 0.2) is 0 Å². The van der Waals surface area contributed by atoms with Crippen molar-refractivity contribution >= 4 is 0 Å². The highest BCUT2D eigenvalue weighted by atomic mass is 14.3. The van der Waals surface area contributed by atoms with Crippen LogP contribution in [0.5, 0.6) is 0 Å². The summed E-state index contributed by atoms with van der Waals surface area (Å²) in [5.41, 5.74) is 0. The van der Waals surface area contributed by atoms with Gasteiger partial charge in [0.05, 0.1) is 0 Å². The molecule has 0 aromatic carbocycles. The maximum atomic E-state index is 2.38. The Balaban J connectivity index is 0.000000320. The lowest BCUT2D eigenvalue weighted by Crippen LogP contribution is -1.82. The molecule has 0 aromatic heterocycles. The van der Waals surface area contributed by atoms with Crippen molar-refractivity contribution in [3.05, 3.63) is 12.2 Å². The molecule has 2 unspecified atom stereocenters. The van der Waals surface area contributed by atoms with E-state index in [-0.39, 0.29) is 6.15 Å². The Morgan fingerprint density at radius 2 is 1.50 bits per heavy atom. The molecule has 1 fully saturated rings. The minimum atomic E-state index is 0. The average molecular weight is 108 g/mol. The summed E-state index contributed by atoms with van der Waals surface area (Å²) in [6.07, 6.45) is 9.19. The fourth-order valence-corrected chi connectivity index (χ4v) is 1.72. The van der Waals surface area contributed by atoms with E-state index in [2.05, 4.69) is 12.2 Å². The summed E-state index contributed by atoms with van der Waals surface area (Å²) in [7, 11) is 0. The van der Waals surface area contributed by atoms with Crippen molar-refractivity contribution in [3.63, 3.8) is 0 Å². The molecule has 8 heavy (non-hydrogen) atoms. The summed E-state index contributed by atoms with van der Waals surface area (Å²) in [6, 6.07) is 0. The van der Waals surface area contributed by atoms with Gasteiger partial charge in [-0.1, -0.05) is 12.2 Å². The Labute approximate surface area is 50.4 Å². The summed E-state index contributed by atoms with van der Waals surface area (Å²) in [6.45, 7) is 0. The van der Waals surface area contributed by atoms with Gasteiger partial charge in [0, 0.05) is 6.15 Å². The molecule has 1 saturated carbocycles. The molecule has 1 heteroatoms. The predicted octanol–water partition coefficient (Wildman–Crippen LogP) is 1.49. The smallest absolute Gasteiger partial charge is 0 e. The summed E-state index contributed by atoms with van der Waals surface area (Å²) in [4.78, 5) is 0. The fraction of sp³-hybridized carbons (Fsp3) is 0.714. The summed E-state index contributed by atoms with van der Waals surface area (Å²) in [5.74, 6) is 1.98. The second kappa shape index (κ2) is 1.90. The van der Waals surface area contributed by atoms with E-state index in [1.165, 1.54) is 19.3 Å². The Morgan fingerprint density at radius 3 is 1.62 bits per heavy atom. The number of rotatable bonds is 0. The van der Waals surface area contributed by atoms with Crippen molar-refractivity contribution in [1.82, 2.24) is 6.15 Å². The lowest BCUT2D eigenvalue weighted by Gasteiger charge is -1.96. The van der Waals surface area contributed by atoms with Gasteiger partial charge in [-0.25, -0.2) is 0 Å². The third kappa shape index (κ3) is 0.671. The minimum absolute atomic E-state index is 0. The van der Waals surface area contributed by atoms with Gasteiger partial charge in [-0.2, -0.15) is 0 Å². The molecular weight excluding hydrogens is 98.1 g/mol. The maximum absolute atomic E-state index is 2.38. The van der Waals surface area contributed by atoms with Crippen molar-refractivity contribution in [2.45, 2.75) is 19.3 Å². The van der Waals surface area contributed by atoms with Crippen LogP contribution in [0.3, 0.4) is 0 Å². The molecular formula is C7H10N. The maximum Gasteiger partial charge on any atom is 0 e. The highest BCUT2D eigenvalue weighted by molar-refractivity contribution is 5.06. The van der Waals surface area contributed by atoms with E-state index in [4.69, 9.17) is 0 Å². The molecule has 2 rings (SSSR count). The van der Waals surface area contributed by atoms with Crippen molar-refractivity contribution in [3.8, 4) is 0 Å². The van der Waals surface area contributed by atoms with Crippen LogP contribution in [0, 0.1) is 11.8 Å². The molecule has 0 amide bonds. The van der Waals surface area contributed by atoms with Gasteiger partial charge in [0.2, 0.25) is 0 Å². The van der Waals surface area contributed by atoms with Crippen LogP contribution in [0.4, 0.5) is 0 Å². The monoisotopic (exact) mass is 108 g/mol. The molecule has 3 radical (unpaired) electrons. The van der Waals surface area contributed by atoms with Crippen molar-refractivity contribution in [1.29, 1.82) is 0 Å². The molecule has 0 heterocycles. The average Bonchev–Trinajstić information content (AvgIpc) is 2.22. The highest BCUT2D eigenvalue weighted by Gasteiger charge is 2.25. The zero-order chi connectivity index (χ0) is 4.69. The van der Waals surface area contributed by atoms with Crippen molar-refractivity contribution in [2.24, 2.45) is 11.8 Å². The highest BCUT2D eigenvalue weighted by Crippen LogP contribution is 2.38. The van der Waals surface area contributed by atoms with Gasteiger partial charge < -0.3 is 0 Å². The van der Waals surface area contributed by atoms with E-state index in [0.717, 1.165) is 11.8 Å². The van der Waals surface area contributed by atoms with E-state index >= 15 is 0 Å². The molecule has 1 nitrogen and oxygen atoms in total. The standard InChI is InChI=1S/C7H10.N/c1-2-7-4-3-6(1)5-7;/h1-2,6-7H,3-5H2;. The summed E-state index contributed by atoms with van der Waals surface area (Å²) < 4.78 is 0. The molecule has 2 aliphatic rings. The molecule has 0 saturated heterocycles. The van der Waals surface area contributed by atoms with Crippen LogP contribution in [0.1, 0.15) is 19.3 Å². The summed E-state index contributed by atoms with van der Waals surface area (Å²) in [5, 5.41) is 0. The van der Waals surface area contributed by atoms with Crippen LogP contribution in [-0.2, 0) is 0 Å². The Kier molecular flexibility index (Phi) is 1.39. The Hall–Kier alpha value is -0.300. The van der Waals surface area contributed by atoms with Crippen LogP contribution in [0.25, 0.3) is 0 Å². The molecule has 0 aromatic rings. The van der Waals surface area contributed by atoms with Crippen molar-refractivity contribution in [2.75, 3.05) is 0 Å². The molecule has 2 aliphatic carbocycles. The van der Waals surface area contributed by atoms with Crippen molar-refractivity contribution < 1.29 is 0 Å². The zero-order valence-corrected chi connectivity index (χ0v) is 4.88. The Bertz CT molecular complexity index is 95.0. The van der Waals surface area contributed by atoms with Crippen LogP contribution in [0.15, 0.2) is 12.2 Å². The van der Waals surface area contributed by atoms with Crippen LogP contribution >= 0.6 is 0 Å².